The van der Waals surface area contributed by atoms with Crippen molar-refractivity contribution < 1.29 is 17.9 Å². The number of hydrogen-bond donors (Lipinski definition) is 1. The highest BCUT2D eigenvalue weighted by molar-refractivity contribution is 7.91. The third-order valence-electron chi connectivity index (χ3n) is 2.95. The molecule has 0 saturated heterocycles. The van der Waals surface area contributed by atoms with Crippen LogP contribution in [-0.2, 0) is 16.3 Å². The zero-order valence-corrected chi connectivity index (χ0v) is 13.8. The van der Waals surface area contributed by atoms with Crippen LogP contribution >= 0.6 is 0 Å². The van der Waals surface area contributed by atoms with E-state index in [0.717, 1.165) is 12.0 Å². The second-order valence-electron chi connectivity index (χ2n) is 5.17. The lowest BCUT2D eigenvalue weighted by Crippen LogP contribution is -2.18. The molecule has 0 spiro atoms. The van der Waals surface area contributed by atoms with Crippen molar-refractivity contribution in [3.05, 3.63) is 23.8 Å². The molecule has 120 valence electrons. The van der Waals surface area contributed by atoms with Gasteiger partial charge in [-0.15, -0.1) is 0 Å². The minimum atomic E-state index is -3.03. The van der Waals surface area contributed by atoms with E-state index >= 15 is 0 Å². The van der Waals surface area contributed by atoms with Crippen LogP contribution in [0.25, 0.3) is 0 Å². The molecule has 0 heterocycles. The van der Waals surface area contributed by atoms with Crippen LogP contribution in [0.2, 0.25) is 0 Å². The van der Waals surface area contributed by atoms with E-state index in [9.17, 15) is 8.42 Å². The fourth-order valence-corrected chi connectivity index (χ4v) is 3.19. The van der Waals surface area contributed by atoms with E-state index in [1.807, 2.05) is 26.0 Å². The molecule has 2 N–H and O–H groups in total. The maximum atomic E-state index is 11.6. The third-order valence-corrected chi connectivity index (χ3v) is 4.77. The first-order valence-corrected chi connectivity index (χ1v) is 8.95. The summed E-state index contributed by atoms with van der Waals surface area (Å²) in [5.41, 5.74) is 6.83. The lowest BCUT2D eigenvalue weighted by atomic mass is 10.1. The second-order valence-corrected chi connectivity index (χ2v) is 7.47. The molecule has 1 aromatic carbocycles. The highest BCUT2D eigenvalue weighted by atomic mass is 32.2. The summed E-state index contributed by atoms with van der Waals surface area (Å²) in [6, 6.07) is 5.66. The minimum Gasteiger partial charge on any atom is -0.493 e. The summed E-state index contributed by atoms with van der Waals surface area (Å²) < 4.78 is 34.1. The molecule has 1 aromatic rings. The van der Waals surface area contributed by atoms with Gasteiger partial charge in [-0.3, -0.25) is 0 Å². The summed E-state index contributed by atoms with van der Waals surface area (Å²) in [6.45, 7) is 3.92. The molecule has 0 amide bonds. The van der Waals surface area contributed by atoms with Crippen LogP contribution in [0, 0.1) is 0 Å². The van der Waals surface area contributed by atoms with Crippen LogP contribution in [0.15, 0.2) is 18.2 Å². The van der Waals surface area contributed by atoms with Gasteiger partial charge in [0.1, 0.15) is 6.61 Å². The Hall–Kier alpha value is -1.27. The van der Waals surface area contributed by atoms with Crippen LogP contribution in [0.1, 0.15) is 25.8 Å². The van der Waals surface area contributed by atoms with E-state index in [1.54, 1.807) is 13.2 Å². The van der Waals surface area contributed by atoms with Gasteiger partial charge in [0.25, 0.3) is 0 Å². The van der Waals surface area contributed by atoms with Gasteiger partial charge in [0.2, 0.25) is 0 Å². The summed E-state index contributed by atoms with van der Waals surface area (Å²) in [5, 5.41) is 0. The topological polar surface area (TPSA) is 78.6 Å². The van der Waals surface area contributed by atoms with Crippen molar-refractivity contribution in [1.82, 2.24) is 0 Å². The number of methoxy groups -OCH3 is 1. The van der Waals surface area contributed by atoms with Crippen molar-refractivity contribution in [2.24, 2.45) is 5.73 Å². The first kappa shape index (κ1) is 17.8. The maximum absolute atomic E-state index is 11.6. The second kappa shape index (κ2) is 8.24. The lowest BCUT2D eigenvalue weighted by molar-refractivity contribution is 0.311. The van der Waals surface area contributed by atoms with Gasteiger partial charge in [-0.1, -0.05) is 13.0 Å². The number of rotatable bonds is 9. The predicted octanol–water partition coefficient (Wildman–Crippen LogP) is 1.79. The number of nitrogens with two attached hydrogens (primary N) is 1. The zero-order valence-electron chi connectivity index (χ0n) is 13.0. The van der Waals surface area contributed by atoms with Crippen LogP contribution in [-0.4, -0.2) is 39.7 Å². The molecule has 21 heavy (non-hydrogen) atoms. The zero-order chi connectivity index (χ0) is 15.9. The normalized spacial score (nSPS) is 13.0. The molecule has 0 saturated carbocycles. The van der Waals surface area contributed by atoms with E-state index in [1.165, 1.54) is 0 Å². The molecule has 1 atom stereocenters. The molecule has 1 rings (SSSR count). The summed E-state index contributed by atoms with van der Waals surface area (Å²) >= 11 is 0. The van der Waals surface area contributed by atoms with Gasteiger partial charge in [0.05, 0.1) is 18.6 Å². The van der Waals surface area contributed by atoms with Gasteiger partial charge < -0.3 is 15.2 Å². The number of benzene rings is 1. The summed E-state index contributed by atoms with van der Waals surface area (Å²) in [5.74, 6) is 1.37. The van der Waals surface area contributed by atoms with Crippen LogP contribution in [0.3, 0.4) is 0 Å². The summed E-state index contributed by atoms with van der Waals surface area (Å²) in [7, 11) is -1.47. The lowest BCUT2D eigenvalue weighted by Gasteiger charge is -2.13. The van der Waals surface area contributed by atoms with E-state index in [4.69, 9.17) is 15.2 Å². The average Bonchev–Trinajstić information content (AvgIpc) is 2.39. The van der Waals surface area contributed by atoms with Crippen molar-refractivity contribution in [2.45, 2.75) is 32.7 Å². The van der Waals surface area contributed by atoms with E-state index < -0.39 is 9.84 Å². The Morgan fingerprint density at radius 2 is 1.95 bits per heavy atom. The Bertz CT molecular complexity index is 541. The van der Waals surface area contributed by atoms with E-state index in [-0.39, 0.29) is 24.2 Å². The molecular weight excluding hydrogens is 290 g/mol. The number of sulfone groups is 1. The van der Waals surface area contributed by atoms with Gasteiger partial charge in [-0.05, 0) is 37.5 Å². The minimum absolute atomic E-state index is 0.0194. The van der Waals surface area contributed by atoms with Crippen molar-refractivity contribution in [3.63, 3.8) is 0 Å². The molecule has 1 unspecified atom stereocenters. The van der Waals surface area contributed by atoms with Crippen molar-refractivity contribution in [3.8, 4) is 11.5 Å². The van der Waals surface area contributed by atoms with Crippen molar-refractivity contribution in [2.75, 3.05) is 25.2 Å². The standard InChI is InChI=1S/C15H25NO4S/c1-4-8-21(17,18)9-7-20-14-6-5-13(10-12(2)16)11-15(14)19-3/h5-6,11-12H,4,7-10,16H2,1-3H3. The molecular formula is C15H25NO4S. The first-order valence-electron chi connectivity index (χ1n) is 7.13. The van der Waals surface area contributed by atoms with Gasteiger partial charge in [-0.2, -0.15) is 0 Å². The molecule has 0 aromatic heterocycles. The van der Waals surface area contributed by atoms with Crippen LogP contribution < -0.4 is 15.2 Å². The first-order chi connectivity index (χ1) is 9.88. The van der Waals surface area contributed by atoms with Crippen molar-refractivity contribution >= 4 is 9.84 Å². The summed E-state index contributed by atoms with van der Waals surface area (Å²) in [4.78, 5) is 0. The smallest absolute Gasteiger partial charge is 0.161 e. The number of ether oxygens (including phenoxy) is 2. The molecule has 0 fully saturated rings. The average molecular weight is 315 g/mol. The van der Waals surface area contributed by atoms with Crippen LogP contribution in [0.5, 0.6) is 11.5 Å². The highest BCUT2D eigenvalue weighted by Gasteiger charge is 2.11. The predicted molar refractivity (Wildman–Crippen MR) is 84.8 cm³/mol. The van der Waals surface area contributed by atoms with Gasteiger partial charge in [-0.25, -0.2) is 8.42 Å². The Labute approximate surface area is 127 Å². The highest BCUT2D eigenvalue weighted by Crippen LogP contribution is 2.28. The SMILES string of the molecule is CCCS(=O)(=O)CCOc1ccc(CC(C)N)cc1OC. The molecule has 5 nitrogen and oxygen atoms in total. The van der Waals surface area contributed by atoms with Gasteiger partial charge in [0, 0.05) is 6.04 Å². The van der Waals surface area contributed by atoms with Crippen LogP contribution in [0.4, 0.5) is 0 Å². The monoisotopic (exact) mass is 315 g/mol. The fourth-order valence-electron chi connectivity index (χ4n) is 2.02. The molecule has 0 aliphatic heterocycles. The summed E-state index contributed by atoms with van der Waals surface area (Å²) in [6.07, 6.45) is 1.37. The quantitative estimate of drug-likeness (QED) is 0.751. The van der Waals surface area contributed by atoms with Gasteiger partial charge in [0.15, 0.2) is 21.3 Å². The Balaban J connectivity index is 2.67. The molecule has 6 heteroatoms. The van der Waals surface area contributed by atoms with Gasteiger partial charge >= 0.3 is 0 Å². The van der Waals surface area contributed by atoms with Crippen molar-refractivity contribution in [1.29, 1.82) is 0 Å². The Morgan fingerprint density at radius 1 is 1.24 bits per heavy atom. The maximum Gasteiger partial charge on any atom is 0.161 e. The molecule has 0 radical (unpaired) electrons. The third kappa shape index (κ3) is 6.35. The molecule has 0 aliphatic rings. The van der Waals surface area contributed by atoms with E-state index in [2.05, 4.69) is 0 Å². The Kier molecular flexibility index (Phi) is 6.98. The largest absolute Gasteiger partial charge is 0.493 e. The van der Waals surface area contributed by atoms with E-state index in [0.29, 0.717) is 17.9 Å². The molecule has 0 bridgehead atoms. The number of hydrogen-bond acceptors (Lipinski definition) is 5. The fraction of sp³-hybridized carbons (Fsp3) is 0.600. The Morgan fingerprint density at radius 3 is 2.52 bits per heavy atom. The molecule has 0 aliphatic carbocycles.